The Bertz CT molecular complexity index is 779. The van der Waals surface area contributed by atoms with Crippen molar-refractivity contribution in [1.82, 2.24) is 0 Å². The van der Waals surface area contributed by atoms with E-state index < -0.39 is 0 Å². The first-order valence-corrected chi connectivity index (χ1v) is 12.1. The van der Waals surface area contributed by atoms with Crippen LogP contribution in [0.4, 0.5) is 0 Å². The molecule has 25 heavy (non-hydrogen) atoms. The van der Waals surface area contributed by atoms with Gasteiger partial charge >= 0.3 is 0 Å². The highest BCUT2D eigenvalue weighted by molar-refractivity contribution is 7.97. The lowest BCUT2D eigenvalue weighted by atomic mass is 9.48. The number of fused-ring (bicyclic) bond motifs is 1. The summed E-state index contributed by atoms with van der Waals surface area (Å²) in [7, 11) is 0.515. The van der Waals surface area contributed by atoms with Crippen LogP contribution in [-0.2, 0) is 16.3 Å². The fraction of sp³-hybridized carbons (Fsp3) is 0.583. The van der Waals surface area contributed by atoms with Crippen LogP contribution in [0.15, 0.2) is 41.3 Å². The molecule has 1 aliphatic heterocycles. The van der Waals surface area contributed by atoms with Crippen LogP contribution in [0.2, 0.25) is 0 Å². The fourth-order valence-electron chi connectivity index (χ4n) is 7.30. The SMILES string of the molecule is c1ccc2c(C34CC5CC(CC(C5)C3)C4)ccc([S+]3CCCC3)c2c1. The Morgan fingerprint density at radius 2 is 1.32 bits per heavy atom. The van der Waals surface area contributed by atoms with E-state index in [1.807, 2.05) is 0 Å². The molecule has 0 nitrogen and oxygen atoms in total. The zero-order valence-corrected chi connectivity index (χ0v) is 16.0. The van der Waals surface area contributed by atoms with Gasteiger partial charge in [0.05, 0.1) is 0 Å². The molecule has 2 aromatic rings. The van der Waals surface area contributed by atoms with Crippen molar-refractivity contribution in [1.29, 1.82) is 0 Å². The molecule has 2 aromatic carbocycles. The molecular weight excluding hydrogens is 320 g/mol. The van der Waals surface area contributed by atoms with Crippen molar-refractivity contribution in [2.24, 2.45) is 17.8 Å². The average Bonchev–Trinajstić information content (AvgIpc) is 3.14. The molecule has 0 N–H and O–H groups in total. The zero-order chi connectivity index (χ0) is 16.4. The van der Waals surface area contributed by atoms with Crippen molar-refractivity contribution in [3.8, 4) is 0 Å². The maximum Gasteiger partial charge on any atom is 0.162 e. The van der Waals surface area contributed by atoms with Crippen molar-refractivity contribution in [2.45, 2.75) is 61.7 Å². The zero-order valence-electron chi connectivity index (χ0n) is 15.2. The number of rotatable bonds is 2. The molecule has 0 aromatic heterocycles. The van der Waals surface area contributed by atoms with E-state index in [1.165, 1.54) is 62.9 Å². The molecule has 5 fully saturated rings. The van der Waals surface area contributed by atoms with Crippen molar-refractivity contribution in [3.63, 3.8) is 0 Å². The summed E-state index contributed by atoms with van der Waals surface area (Å²) in [4.78, 5) is 1.68. The van der Waals surface area contributed by atoms with E-state index in [0.717, 1.165) is 17.8 Å². The Morgan fingerprint density at radius 3 is 1.96 bits per heavy atom. The van der Waals surface area contributed by atoms with Crippen molar-refractivity contribution in [3.05, 3.63) is 42.0 Å². The van der Waals surface area contributed by atoms with Gasteiger partial charge in [0, 0.05) is 16.3 Å². The van der Waals surface area contributed by atoms with E-state index in [2.05, 4.69) is 36.4 Å². The molecule has 0 atom stereocenters. The average molecular weight is 350 g/mol. The van der Waals surface area contributed by atoms with Crippen LogP contribution < -0.4 is 0 Å². The second-order valence-electron chi connectivity index (χ2n) is 9.46. The molecular formula is C24H29S+. The number of benzene rings is 2. The van der Waals surface area contributed by atoms with E-state index in [9.17, 15) is 0 Å². The van der Waals surface area contributed by atoms with Crippen LogP contribution in [-0.4, -0.2) is 11.5 Å². The summed E-state index contributed by atoms with van der Waals surface area (Å²) in [6.07, 6.45) is 11.9. The standard InChI is InChI=1S/C24H29S/c1-2-6-21-20(5-1)22(7-8-23(21)25-9-3-4-10-25)24-14-17-11-18(15-24)13-19(12-17)16-24/h1-2,5-8,17-19H,3-4,9-16H2/q+1. The van der Waals surface area contributed by atoms with E-state index in [1.54, 1.807) is 21.2 Å². The lowest BCUT2D eigenvalue weighted by Gasteiger charge is -2.57. The van der Waals surface area contributed by atoms with Gasteiger partial charge < -0.3 is 0 Å². The highest BCUT2D eigenvalue weighted by Crippen LogP contribution is 2.61. The molecule has 4 aliphatic carbocycles. The van der Waals surface area contributed by atoms with Crippen LogP contribution in [0, 0.1) is 17.8 Å². The molecule has 130 valence electrons. The molecule has 1 saturated heterocycles. The monoisotopic (exact) mass is 349 g/mol. The summed E-state index contributed by atoms with van der Waals surface area (Å²) < 4.78 is 0. The van der Waals surface area contributed by atoms with Gasteiger partial charge in [0.15, 0.2) is 4.90 Å². The van der Waals surface area contributed by atoms with E-state index in [4.69, 9.17) is 0 Å². The second kappa shape index (κ2) is 5.52. The summed E-state index contributed by atoms with van der Waals surface area (Å²) in [5.41, 5.74) is 2.25. The Labute approximate surface area is 154 Å². The lowest BCUT2D eigenvalue weighted by Crippen LogP contribution is -2.48. The van der Waals surface area contributed by atoms with Crippen molar-refractivity contribution < 1.29 is 0 Å². The fourth-order valence-corrected chi connectivity index (χ4v) is 9.80. The second-order valence-corrected chi connectivity index (χ2v) is 11.7. The molecule has 0 radical (unpaired) electrons. The predicted octanol–water partition coefficient (Wildman–Crippen LogP) is 6.08. The minimum absolute atomic E-state index is 0.515. The number of hydrogen-bond acceptors (Lipinski definition) is 0. The predicted molar refractivity (Wildman–Crippen MR) is 108 cm³/mol. The molecule has 1 heteroatoms. The van der Waals surface area contributed by atoms with Crippen LogP contribution in [0.25, 0.3) is 10.8 Å². The topological polar surface area (TPSA) is 0 Å². The third-order valence-corrected chi connectivity index (χ3v) is 10.4. The van der Waals surface area contributed by atoms with Gasteiger partial charge in [-0.05, 0) is 97.6 Å². The van der Waals surface area contributed by atoms with E-state index in [-0.39, 0.29) is 0 Å². The summed E-state index contributed by atoms with van der Waals surface area (Å²) in [6, 6.07) is 14.6. The minimum Gasteiger partial charge on any atom is -0.0616 e. The maximum absolute atomic E-state index is 2.59. The normalized spacial score (nSPS) is 37.2. The van der Waals surface area contributed by atoms with E-state index in [0.29, 0.717) is 16.3 Å². The third-order valence-electron chi connectivity index (χ3n) is 7.84. The molecule has 1 heterocycles. The Kier molecular flexibility index (Phi) is 3.34. The number of hydrogen-bond donors (Lipinski definition) is 0. The molecule has 0 spiro atoms. The molecule has 4 bridgehead atoms. The van der Waals surface area contributed by atoms with Gasteiger partial charge in [0.1, 0.15) is 11.5 Å². The Morgan fingerprint density at radius 1 is 0.720 bits per heavy atom. The molecule has 0 unspecified atom stereocenters. The Hall–Kier alpha value is -0.950. The van der Waals surface area contributed by atoms with Gasteiger partial charge in [0.25, 0.3) is 0 Å². The molecule has 5 aliphatic rings. The van der Waals surface area contributed by atoms with Gasteiger partial charge in [-0.25, -0.2) is 0 Å². The smallest absolute Gasteiger partial charge is 0.0616 e. The Balaban J connectivity index is 1.51. The minimum atomic E-state index is 0.515. The molecule has 4 saturated carbocycles. The highest BCUT2D eigenvalue weighted by Gasteiger charge is 2.52. The van der Waals surface area contributed by atoms with Gasteiger partial charge in [-0.3, -0.25) is 0 Å². The van der Waals surface area contributed by atoms with Crippen LogP contribution in [0.1, 0.15) is 56.9 Å². The van der Waals surface area contributed by atoms with Crippen molar-refractivity contribution in [2.75, 3.05) is 11.5 Å². The summed E-state index contributed by atoms with van der Waals surface area (Å²) in [5.74, 6) is 5.95. The lowest BCUT2D eigenvalue weighted by molar-refractivity contribution is -0.00451. The first-order valence-electron chi connectivity index (χ1n) is 10.5. The van der Waals surface area contributed by atoms with Crippen LogP contribution in [0.5, 0.6) is 0 Å². The summed E-state index contributed by atoms with van der Waals surface area (Å²) in [6.45, 7) is 0. The quantitative estimate of drug-likeness (QED) is 0.576. The first kappa shape index (κ1) is 15.1. The van der Waals surface area contributed by atoms with Crippen molar-refractivity contribution >= 4 is 21.7 Å². The molecule has 7 rings (SSSR count). The third kappa shape index (κ3) is 2.27. The largest absolute Gasteiger partial charge is 0.162 e. The van der Waals surface area contributed by atoms with Gasteiger partial charge in [-0.15, -0.1) is 0 Å². The first-order chi connectivity index (χ1) is 12.3. The van der Waals surface area contributed by atoms with E-state index >= 15 is 0 Å². The van der Waals surface area contributed by atoms with Crippen LogP contribution in [0.3, 0.4) is 0 Å². The summed E-state index contributed by atoms with van der Waals surface area (Å²) >= 11 is 0. The molecule has 0 amide bonds. The van der Waals surface area contributed by atoms with Gasteiger partial charge in [0.2, 0.25) is 0 Å². The van der Waals surface area contributed by atoms with Gasteiger partial charge in [-0.1, -0.05) is 24.3 Å². The maximum atomic E-state index is 2.59. The van der Waals surface area contributed by atoms with Gasteiger partial charge in [-0.2, -0.15) is 0 Å². The highest BCUT2D eigenvalue weighted by atomic mass is 32.2. The summed E-state index contributed by atoms with van der Waals surface area (Å²) in [5, 5.41) is 3.21. The van der Waals surface area contributed by atoms with Crippen LogP contribution >= 0.6 is 0 Å².